The Bertz CT molecular complexity index is 650. The van der Waals surface area contributed by atoms with Crippen LogP contribution >= 0.6 is 11.6 Å². The van der Waals surface area contributed by atoms with Crippen LogP contribution in [0.1, 0.15) is 21.5 Å². The molecule has 0 bridgehead atoms. The first kappa shape index (κ1) is 14.3. The van der Waals surface area contributed by atoms with Crippen molar-refractivity contribution >= 4 is 29.5 Å². The normalized spacial score (nSPS) is 10.2. The fraction of sp³-hybridized carbons (Fsp3) is 0.125. The molecule has 0 saturated carbocycles. The molecule has 0 saturated heterocycles. The van der Waals surface area contributed by atoms with Crippen molar-refractivity contribution in [1.29, 1.82) is 0 Å². The summed E-state index contributed by atoms with van der Waals surface area (Å²) in [6, 6.07) is 12.1. The minimum Gasteiger partial charge on any atom is -0.318 e. The predicted molar refractivity (Wildman–Crippen MR) is 80.5 cm³/mol. The second-order valence-electron chi connectivity index (χ2n) is 4.55. The molecule has 102 valence electrons. The summed E-state index contributed by atoms with van der Waals surface area (Å²) >= 11 is 5.89. The van der Waals surface area contributed by atoms with Crippen LogP contribution in [0.25, 0.3) is 0 Å². The molecule has 0 aliphatic heterocycles. The molecule has 0 radical (unpaired) electrons. The van der Waals surface area contributed by atoms with Crippen molar-refractivity contribution in [3.8, 4) is 0 Å². The molecule has 0 heterocycles. The Kier molecular flexibility index (Phi) is 4.20. The lowest BCUT2D eigenvalue weighted by molar-refractivity contribution is -0.107. The van der Waals surface area contributed by atoms with Crippen molar-refractivity contribution in [2.75, 3.05) is 11.9 Å². The zero-order chi connectivity index (χ0) is 14.7. The Morgan fingerprint density at radius 1 is 1.15 bits per heavy atom. The third-order valence-electron chi connectivity index (χ3n) is 3.13. The van der Waals surface area contributed by atoms with Crippen LogP contribution in [0.4, 0.5) is 5.69 Å². The number of amides is 1. The molecule has 0 aliphatic carbocycles. The first-order valence-electron chi connectivity index (χ1n) is 6.12. The SMILES string of the molecule is Cc1cc(Cl)ccc1C(=O)c1ccc(N(C)C=O)cc1. The lowest BCUT2D eigenvalue weighted by Gasteiger charge is -2.11. The van der Waals surface area contributed by atoms with Gasteiger partial charge in [-0.25, -0.2) is 0 Å². The van der Waals surface area contributed by atoms with Gasteiger partial charge in [0.15, 0.2) is 5.78 Å². The molecule has 2 aromatic rings. The van der Waals surface area contributed by atoms with Crippen LogP contribution in [-0.2, 0) is 4.79 Å². The number of ketones is 1. The molecule has 0 atom stereocenters. The Morgan fingerprint density at radius 2 is 1.80 bits per heavy atom. The second-order valence-corrected chi connectivity index (χ2v) is 4.99. The molecule has 4 heteroatoms. The topological polar surface area (TPSA) is 37.4 Å². The van der Waals surface area contributed by atoms with Crippen LogP contribution in [0.15, 0.2) is 42.5 Å². The first-order valence-corrected chi connectivity index (χ1v) is 6.50. The van der Waals surface area contributed by atoms with Gasteiger partial charge in [0.05, 0.1) is 0 Å². The minimum absolute atomic E-state index is 0.0560. The zero-order valence-corrected chi connectivity index (χ0v) is 12.0. The summed E-state index contributed by atoms with van der Waals surface area (Å²) in [6.45, 7) is 1.85. The molecule has 2 aromatic carbocycles. The summed E-state index contributed by atoms with van der Waals surface area (Å²) in [7, 11) is 1.66. The van der Waals surface area contributed by atoms with E-state index < -0.39 is 0 Å². The first-order chi connectivity index (χ1) is 9.52. The van der Waals surface area contributed by atoms with Gasteiger partial charge < -0.3 is 4.90 Å². The van der Waals surface area contributed by atoms with E-state index in [-0.39, 0.29) is 5.78 Å². The number of benzene rings is 2. The number of anilines is 1. The maximum Gasteiger partial charge on any atom is 0.213 e. The number of aryl methyl sites for hydroxylation is 1. The quantitative estimate of drug-likeness (QED) is 0.638. The van der Waals surface area contributed by atoms with Crippen molar-refractivity contribution < 1.29 is 9.59 Å². The van der Waals surface area contributed by atoms with E-state index in [0.29, 0.717) is 16.1 Å². The minimum atomic E-state index is -0.0560. The maximum absolute atomic E-state index is 12.4. The number of rotatable bonds is 4. The van der Waals surface area contributed by atoms with Crippen molar-refractivity contribution in [3.63, 3.8) is 0 Å². The fourth-order valence-electron chi connectivity index (χ4n) is 1.95. The molecule has 0 spiro atoms. The van der Waals surface area contributed by atoms with Gasteiger partial charge >= 0.3 is 0 Å². The van der Waals surface area contributed by atoms with E-state index in [9.17, 15) is 9.59 Å². The Hall–Kier alpha value is -2.13. The molecule has 20 heavy (non-hydrogen) atoms. The summed E-state index contributed by atoms with van der Waals surface area (Å²) in [4.78, 5) is 24.5. The third kappa shape index (κ3) is 2.89. The molecule has 0 aromatic heterocycles. The van der Waals surface area contributed by atoms with Gasteiger partial charge in [-0.05, 0) is 55.0 Å². The number of carbonyl (C=O) groups excluding carboxylic acids is 2. The number of hydrogen-bond donors (Lipinski definition) is 0. The highest BCUT2D eigenvalue weighted by molar-refractivity contribution is 6.30. The van der Waals surface area contributed by atoms with Gasteiger partial charge in [-0.1, -0.05) is 11.6 Å². The Morgan fingerprint density at radius 3 is 2.35 bits per heavy atom. The summed E-state index contributed by atoms with van der Waals surface area (Å²) < 4.78 is 0. The summed E-state index contributed by atoms with van der Waals surface area (Å²) in [5.41, 5.74) is 2.80. The number of carbonyl (C=O) groups is 2. The van der Waals surface area contributed by atoms with Gasteiger partial charge in [0, 0.05) is 28.9 Å². The third-order valence-corrected chi connectivity index (χ3v) is 3.36. The standard InChI is InChI=1S/C16H14ClNO2/c1-11-9-13(17)5-8-15(11)16(20)12-3-6-14(7-4-12)18(2)10-19/h3-10H,1-2H3. The number of nitrogens with zero attached hydrogens (tertiary/aromatic N) is 1. The van der Waals surface area contributed by atoms with Gasteiger partial charge in [0.25, 0.3) is 0 Å². The van der Waals surface area contributed by atoms with Gasteiger partial charge in [-0.3, -0.25) is 9.59 Å². The Balaban J connectivity index is 2.31. The second kappa shape index (κ2) is 5.88. The lowest BCUT2D eigenvalue weighted by atomic mass is 9.99. The molecular weight excluding hydrogens is 274 g/mol. The van der Waals surface area contributed by atoms with Crippen molar-refractivity contribution in [2.45, 2.75) is 6.92 Å². The monoisotopic (exact) mass is 287 g/mol. The van der Waals surface area contributed by atoms with Gasteiger partial charge in [0.1, 0.15) is 0 Å². The lowest BCUT2D eigenvalue weighted by Crippen LogP contribution is -2.13. The van der Waals surface area contributed by atoms with Crippen LogP contribution < -0.4 is 4.90 Å². The van der Waals surface area contributed by atoms with Gasteiger partial charge in [-0.2, -0.15) is 0 Å². The average molecular weight is 288 g/mol. The van der Waals surface area contributed by atoms with E-state index in [0.717, 1.165) is 17.7 Å². The van der Waals surface area contributed by atoms with Crippen LogP contribution in [0.5, 0.6) is 0 Å². The highest BCUT2D eigenvalue weighted by atomic mass is 35.5. The highest BCUT2D eigenvalue weighted by Gasteiger charge is 2.12. The molecule has 0 fully saturated rings. The summed E-state index contributed by atoms with van der Waals surface area (Å²) in [5, 5.41) is 0.613. The maximum atomic E-state index is 12.4. The number of halogens is 1. The van der Waals surface area contributed by atoms with Gasteiger partial charge in [-0.15, -0.1) is 0 Å². The molecule has 0 aliphatic rings. The highest BCUT2D eigenvalue weighted by Crippen LogP contribution is 2.20. The van der Waals surface area contributed by atoms with Crippen LogP contribution in [0, 0.1) is 6.92 Å². The van der Waals surface area contributed by atoms with E-state index in [1.807, 2.05) is 6.92 Å². The molecular formula is C16H14ClNO2. The van der Waals surface area contributed by atoms with Crippen molar-refractivity contribution in [1.82, 2.24) is 0 Å². The van der Waals surface area contributed by atoms with Gasteiger partial charge in [0.2, 0.25) is 6.41 Å². The van der Waals surface area contributed by atoms with Crippen LogP contribution in [0.2, 0.25) is 5.02 Å². The molecule has 2 rings (SSSR count). The smallest absolute Gasteiger partial charge is 0.213 e. The molecule has 1 amide bonds. The fourth-order valence-corrected chi connectivity index (χ4v) is 2.17. The number of hydrogen-bond acceptors (Lipinski definition) is 2. The van der Waals surface area contributed by atoms with E-state index in [1.54, 1.807) is 49.5 Å². The van der Waals surface area contributed by atoms with Crippen molar-refractivity contribution in [2.24, 2.45) is 0 Å². The van der Waals surface area contributed by atoms with E-state index >= 15 is 0 Å². The predicted octanol–water partition coefficient (Wildman–Crippen LogP) is 3.47. The van der Waals surface area contributed by atoms with Crippen LogP contribution in [0.3, 0.4) is 0 Å². The zero-order valence-electron chi connectivity index (χ0n) is 11.3. The van der Waals surface area contributed by atoms with Crippen LogP contribution in [-0.4, -0.2) is 19.2 Å². The van der Waals surface area contributed by atoms with E-state index in [1.165, 1.54) is 4.90 Å². The average Bonchev–Trinajstić information content (AvgIpc) is 2.46. The van der Waals surface area contributed by atoms with E-state index in [4.69, 9.17) is 11.6 Å². The molecule has 0 unspecified atom stereocenters. The molecule has 0 N–H and O–H groups in total. The summed E-state index contributed by atoms with van der Waals surface area (Å²) in [5.74, 6) is -0.0560. The largest absolute Gasteiger partial charge is 0.318 e. The van der Waals surface area contributed by atoms with E-state index in [2.05, 4.69) is 0 Å². The summed E-state index contributed by atoms with van der Waals surface area (Å²) in [6.07, 6.45) is 0.722. The molecule has 3 nitrogen and oxygen atoms in total. The van der Waals surface area contributed by atoms with Crippen molar-refractivity contribution in [3.05, 3.63) is 64.2 Å². The Labute approximate surface area is 122 Å².